The van der Waals surface area contributed by atoms with Crippen LogP contribution in [0.2, 0.25) is 0 Å². The van der Waals surface area contributed by atoms with Gasteiger partial charge in [-0.3, -0.25) is 0 Å². The van der Waals surface area contributed by atoms with Gasteiger partial charge in [-0.05, 0) is 70.7 Å². The van der Waals surface area contributed by atoms with E-state index in [1.54, 1.807) is 0 Å². The second-order valence-electron chi connectivity index (χ2n) is 13.1. The van der Waals surface area contributed by atoms with Crippen molar-refractivity contribution in [2.75, 3.05) is 19.8 Å². The normalized spacial score (nSPS) is 22.4. The number of ether oxygens (including phenoxy) is 6. The van der Waals surface area contributed by atoms with Crippen molar-refractivity contribution in [2.45, 2.75) is 109 Å². The van der Waals surface area contributed by atoms with E-state index in [4.69, 9.17) is 34.2 Å². The molecule has 1 aliphatic rings. The van der Waals surface area contributed by atoms with Gasteiger partial charge in [0.2, 0.25) is 0 Å². The van der Waals surface area contributed by atoms with Crippen molar-refractivity contribution in [2.24, 2.45) is 5.73 Å². The third kappa shape index (κ3) is 11.6. The van der Waals surface area contributed by atoms with Crippen molar-refractivity contribution in [1.82, 2.24) is 0 Å². The van der Waals surface area contributed by atoms with Crippen molar-refractivity contribution in [3.05, 3.63) is 108 Å². The second-order valence-corrected chi connectivity index (χ2v) is 13.1. The first-order valence-electron chi connectivity index (χ1n) is 16.3. The molecule has 0 radical (unpaired) electrons. The van der Waals surface area contributed by atoms with Gasteiger partial charge in [0, 0.05) is 0 Å². The maximum atomic E-state index is 6.71. The summed E-state index contributed by atoms with van der Waals surface area (Å²) in [5.74, 6) is 0. The zero-order chi connectivity index (χ0) is 32.1. The van der Waals surface area contributed by atoms with Gasteiger partial charge in [-0.15, -0.1) is 0 Å². The van der Waals surface area contributed by atoms with E-state index in [0.717, 1.165) is 29.5 Å². The highest BCUT2D eigenvalue weighted by Gasteiger charge is 2.47. The van der Waals surface area contributed by atoms with Gasteiger partial charge in [0.05, 0.1) is 50.3 Å². The van der Waals surface area contributed by atoms with Crippen LogP contribution in [-0.4, -0.2) is 61.5 Å². The van der Waals surface area contributed by atoms with Crippen molar-refractivity contribution in [1.29, 1.82) is 0 Å². The summed E-state index contributed by atoms with van der Waals surface area (Å²) in [4.78, 5) is 0. The smallest absolute Gasteiger partial charge is 0.115 e. The molecule has 5 unspecified atom stereocenters. The third-order valence-electron chi connectivity index (χ3n) is 8.30. The molecule has 0 saturated carbocycles. The SMILES string of the molecule is CC1OC(COC(C)(C)CCOC(C)(C)CCN)C(OCc2ccccc2)C(OCc2ccccc2)C1OCc1ccccc1. The predicted octanol–water partition coefficient (Wildman–Crippen LogP) is 6.86. The van der Waals surface area contributed by atoms with Crippen LogP contribution in [0.3, 0.4) is 0 Å². The Morgan fingerprint density at radius 3 is 1.53 bits per heavy atom. The lowest BCUT2D eigenvalue weighted by Gasteiger charge is -2.46. The summed E-state index contributed by atoms with van der Waals surface area (Å²) in [6, 6.07) is 30.6. The molecule has 4 rings (SSSR count). The van der Waals surface area contributed by atoms with Crippen LogP contribution in [0.1, 0.15) is 64.2 Å². The van der Waals surface area contributed by atoms with Gasteiger partial charge in [0.15, 0.2) is 0 Å². The Balaban J connectivity index is 1.52. The molecule has 3 aromatic carbocycles. The molecule has 1 aliphatic heterocycles. The van der Waals surface area contributed by atoms with Crippen molar-refractivity contribution >= 4 is 0 Å². The first-order valence-corrected chi connectivity index (χ1v) is 16.3. The summed E-state index contributed by atoms with van der Waals surface area (Å²) >= 11 is 0. The van der Waals surface area contributed by atoms with E-state index < -0.39 is 17.8 Å². The lowest BCUT2D eigenvalue weighted by molar-refractivity contribution is -0.273. The Kier molecular flexibility index (Phi) is 13.6. The minimum absolute atomic E-state index is 0.247. The summed E-state index contributed by atoms with van der Waals surface area (Å²) in [5.41, 5.74) is 8.33. The Morgan fingerprint density at radius 1 is 0.600 bits per heavy atom. The van der Waals surface area contributed by atoms with Crippen LogP contribution >= 0.6 is 0 Å². The van der Waals surface area contributed by atoms with Crippen LogP contribution in [0.15, 0.2) is 91.0 Å². The predicted molar refractivity (Wildman–Crippen MR) is 178 cm³/mol. The first kappa shape index (κ1) is 35.2. The molecule has 2 N–H and O–H groups in total. The van der Waals surface area contributed by atoms with Gasteiger partial charge < -0.3 is 34.2 Å². The number of hydrogen-bond acceptors (Lipinski definition) is 7. The molecule has 0 spiro atoms. The van der Waals surface area contributed by atoms with Gasteiger partial charge in [0.25, 0.3) is 0 Å². The molecule has 7 heteroatoms. The number of benzene rings is 3. The highest BCUT2D eigenvalue weighted by molar-refractivity contribution is 5.15. The average molecular weight is 620 g/mol. The molecule has 246 valence electrons. The molecule has 3 aromatic rings. The fraction of sp³-hybridized carbons (Fsp3) is 0.526. The van der Waals surface area contributed by atoms with E-state index in [-0.39, 0.29) is 23.9 Å². The van der Waals surface area contributed by atoms with Crippen LogP contribution < -0.4 is 5.73 Å². The molecule has 0 bridgehead atoms. The molecule has 0 aromatic heterocycles. The van der Waals surface area contributed by atoms with Gasteiger partial charge in [0.1, 0.15) is 24.4 Å². The van der Waals surface area contributed by atoms with E-state index in [9.17, 15) is 0 Å². The Labute approximate surface area is 270 Å². The number of hydrogen-bond donors (Lipinski definition) is 1. The van der Waals surface area contributed by atoms with Crippen molar-refractivity contribution in [3.63, 3.8) is 0 Å². The first-order chi connectivity index (χ1) is 21.7. The number of nitrogens with two attached hydrogens (primary N) is 1. The molecule has 1 fully saturated rings. The fourth-order valence-electron chi connectivity index (χ4n) is 5.53. The molecule has 7 nitrogen and oxygen atoms in total. The molecule has 1 heterocycles. The average Bonchev–Trinajstić information content (AvgIpc) is 3.03. The lowest BCUT2D eigenvalue weighted by atomic mass is 9.94. The highest BCUT2D eigenvalue weighted by Crippen LogP contribution is 2.32. The maximum absolute atomic E-state index is 6.71. The summed E-state index contributed by atoms with van der Waals surface area (Å²) in [5, 5.41) is 0. The third-order valence-corrected chi connectivity index (χ3v) is 8.30. The standard InChI is InChI=1S/C38H53NO6/c1-29-34(40-25-30-15-9-6-10-16-30)36(42-27-32-19-13-8-14-20-32)35(41-26-31-17-11-7-12-18-31)33(45-29)28-44-38(4,5)22-24-43-37(2,3)21-23-39/h6-20,29,33-36H,21-28,39H2,1-5H3. The van der Waals surface area contributed by atoms with Crippen molar-refractivity contribution < 1.29 is 28.4 Å². The summed E-state index contributed by atoms with van der Waals surface area (Å²) in [7, 11) is 0. The summed E-state index contributed by atoms with van der Waals surface area (Å²) in [6.45, 7) is 13.2. The van der Waals surface area contributed by atoms with Crippen LogP contribution in [0, 0.1) is 0 Å². The Hall–Kier alpha value is -2.62. The van der Waals surface area contributed by atoms with Gasteiger partial charge in [-0.2, -0.15) is 0 Å². The molecule has 5 atom stereocenters. The zero-order valence-corrected chi connectivity index (χ0v) is 27.7. The minimum Gasteiger partial charge on any atom is -0.375 e. The molecule has 0 amide bonds. The van der Waals surface area contributed by atoms with Gasteiger partial charge in [-0.25, -0.2) is 0 Å². The zero-order valence-electron chi connectivity index (χ0n) is 27.7. The van der Waals surface area contributed by atoms with Crippen LogP contribution in [0.4, 0.5) is 0 Å². The minimum atomic E-state index is -0.434. The Morgan fingerprint density at radius 2 is 1.04 bits per heavy atom. The van der Waals surface area contributed by atoms with Crippen molar-refractivity contribution in [3.8, 4) is 0 Å². The quantitative estimate of drug-likeness (QED) is 0.167. The molecule has 1 saturated heterocycles. The highest BCUT2D eigenvalue weighted by atomic mass is 16.6. The van der Waals surface area contributed by atoms with E-state index in [2.05, 4.69) is 64.1 Å². The molecule has 45 heavy (non-hydrogen) atoms. The molecular formula is C38H53NO6. The van der Waals surface area contributed by atoms with E-state index in [0.29, 0.717) is 39.6 Å². The Bertz CT molecular complexity index is 1220. The number of rotatable bonds is 18. The van der Waals surface area contributed by atoms with Crippen LogP contribution in [0.25, 0.3) is 0 Å². The largest absolute Gasteiger partial charge is 0.375 e. The monoisotopic (exact) mass is 619 g/mol. The topological polar surface area (TPSA) is 81.4 Å². The van der Waals surface area contributed by atoms with E-state index in [1.807, 2.05) is 61.5 Å². The van der Waals surface area contributed by atoms with Gasteiger partial charge >= 0.3 is 0 Å². The molecular weight excluding hydrogens is 566 g/mol. The van der Waals surface area contributed by atoms with E-state index in [1.165, 1.54) is 0 Å². The van der Waals surface area contributed by atoms with Crippen LogP contribution in [-0.2, 0) is 48.2 Å². The lowest BCUT2D eigenvalue weighted by Crippen LogP contribution is -2.60. The second kappa shape index (κ2) is 17.3. The van der Waals surface area contributed by atoms with Gasteiger partial charge in [-0.1, -0.05) is 91.0 Å². The van der Waals surface area contributed by atoms with E-state index >= 15 is 0 Å². The fourth-order valence-corrected chi connectivity index (χ4v) is 5.53. The van der Waals surface area contributed by atoms with Crippen LogP contribution in [0.5, 0.6) is 0 Å². The molecule has 0 aliphatic carbocycles. The summed E-state index contributed by atoms with van der Waals surface area (Å²) in [6.07, 6.45) is -0.245. The maximum Gasteiger partial charge on any atom is 0.115 e. The summed E-state index contributed by atoms with van der Waals surface area (Å²) < 4.78 is 39.3.